The summed E-state index contributed by atoms with van der Waals surface area (Å²) in [6.45, 7) is 6.14. The summed E-state index contributed by atoms with van der Waals surface area (Å²) in [4.78, 5) is 30.3. The van der Waals surface area contributed by atoms with Crippen LogP contribution in [0.2, 0.25) is 0 Å². The number of hydrogen-bond acceptors (Lipinski definition) is 11. The molecule has 2 N–H and O–H groups in total. The summed E-state index contributed by atoms with van der Waals surface area (Å²) in [5, 5.41) is 25.6. The van der Waals surface area contributed by atoms with E-state index in [1.165, 1.54) is 7.11 Å². The standard InChI is InChI=1S/C37H53NO10/c1-7-9-15-24(39)48-37-25-22(18-35(42,32(46-6)30(37)40)31(25)47-33(41)21-13-11-10-12-14-21)36-23(44-4)16-17-34(20-43-3)19-38(8-2)29(36)26(37)27(45-5)28(34)36/h10-14,22-23,25-32,40,42H,7-9,15-20H2,1-6H3/t22-,23+,25-,26+,27+,28-,29?,30+,31-,32+,34+,35-,36+,37-/m1/s1. The van der Waals surface area contributed by atoms with Gasteiger partial charge in [0.2, 0.25) is 0 Å². The fourth-order valence-corrected chi connectivity index (χ4v) is 12.7. The lowest BCUT2D eigenvalue weighted by atomic mass is 9.43. The number of likely N-dealkylation sites (tertiary alicyclic amines) is 1. The van der Waals surface area contributed by atoms with Crippen LogP contribution in [0.25, 0.3) is 0 Å². The Bertz CT molecular complexity index is 1380. The number of fused-ring (bicyclic) bond motifs is 2. The van der Waals surface area contributed by atoms with E-state index in [-0.39, 0.29) is 42.2 Å². The van der Waals surface area contributed by atoms with Gasteiger partial charge in [-0.25, -0.2) is 4.79 Å². The Balaban J connectivity index is 1.50. The number of methoxy groups -OCH3 is 4. The number of hydrogen-bond donors (Lipinski definition) is 2. The van der Waals surface area contributed by atoms with Gasteiger partial charge in [0.15, 0.2) is 5.60 Å². The van der Waals surface area contributed by atoms with Crippen molar-refractivity contribution in [2.45, 2.75) is 100 Å². The Morgan fingerprint density at radius 3 is 2.38 bits per heavy atom. The van der Waals surface area contributed by atoms with Crippen molar-refractivity contribution in [3.05, 3.63) is 35.9 Å². The Kier molecular flexibility index (Phi) is 8.79. The molecule has 1 aromatic rings. The molecule has 1 aromatic carbocycles. The van der Waals surface area contributed by atoms with Gasteiger partial charge in [-0.15, -0.1) is 0 Å². The fourth-order valence-electron chi connectivity index (χ4n) is 12.7. The zero-order valence-corrected chi connectivity index (χ0v) is 29.1. The summed E-state index contributed by atoms with van der Waals surface area (Å²) in [6.07, 6.45) is -1.03. The van der Waals surface area contributed by atoms with Crippen LogP contribution in [0.15, 0.2) is 30.3 Å². The van der Waals surface area contributed by atoms with Crippen LogP contribution in [0.1, 0.15) is 62.7 Å². The van der Waals surface area contributed by atoms with E-state index < -0.39 is 64.8 Å². The number of nitrogens with zero attached hydrogens (tertiary/aromatic N) is 1. The van der Waals surface area contributed by atoms with Gasteiger partial charge in [-0.3, -0.25) is 9.69 Å². The maximum absolute atomic E-state index is 14.0. The highest BCUT2D eigenvalue weighted by molar-refractivity contribution is 5.89. The molecule has 48 heavy (non-hydrogen) atoms. The number of carbonyl (C=O) groups is 2. The van der Waals surface area contributed by atoms with Crippen molar-refractivity contribution >= 4 is 11.9 Å². The van der Waals surface area contributed by atoms with Gasteiger partial charge in [-0.05, 0) is 50.3 Å². The average molecular weight is 672 g/mol. The van der Waals surface area contributed by atoms with Crippen molar-refractivity contribution in [1.29, 1.82) is 0 Å². The first-order valence-corrected chi connectivity index (χ1v) is 17.8. The van der Waals surface area contributed by atoms with E-state index in [1.807, 2.05) is 13.0 Å². The molecule has 0 amide bonds. The molecule has 1 unspecified atom stereocenters. The monoisotopic (exact) mass is 671 g/mol. The molecule has 0 aromatic heterocycles. The second-order valence-corrected chi connectivity index (χ2v) is 15.3. The average Bonchev–Trinajstić information content (AvgIpc) is 3.47. The fraction of sp³-hybridized carbons (Fsp3) is 0.784. The molecule has 5 saturated carbocycles. The number of unbranched alkanes of at least 4 members (excludes halogenated alkanes) is 1. The van der Waals surface area contributed by atoms with Crippen molar-refractivity contribution < 1.29 is 48.2 Å². The molecule has 11 nitrogen and oxygen atoms in total. The first-order valence-electron chi connectivity index (χ1n) is 17.8. The number of aliphatic hydroxyl groups excluding tert-OH is 1. The van der Waals surface area contributed by atoms with Crippen molar-refractivity contribution in [3.63, 3.8) is 0 Å². The van der Waals surface area contributed by atoms with Gasteiger partial charge < -0.3 is 38.6 Å². The molecule has 6 fully saturated rings. The van der Waals surface area contributed by atoms with Crippen molar-refractivity contribution in [2.24, 2.45) is 34.5 Å². The van der Waals surface area contributed by atoms with Crippen molar-refractivity contribution in [2.75, 3.05) is 48.1 Å². The quantitative estimate of drug-likeness (QED) is 0.318. The summed E-state index contributed by atoms with van der Waals surface area (Å²) in [6, 6.07) is 8.48. The molecule has 7 bridgehead atoms. The largest absolute Gasteiger partial charge is 0.455 e. The first kappa shape index (κ1) is 34.3. The Morgan fingerprint density at radius 2 is 1.75 bits per heavy atom. The van der Waals surface area contributed by atoms with Gasteiger partial charge in [0.1, 0.15) is 23.9 Å². The summed E-state index contributed by atoms with van der Waals surface area (Å²) in [5.41, 5.74) is -3.93. The minimum Gasteiger partial charge on any atom is -0.455 e. The number of esters is 2. The smallest absolute Gasteiger partial charge is 0.338 e. The highest BCUT2D eigenvalue weighted by atomic mass is 16.6. The van der Waals surface area contributed by atoms with Crippen LogP contribution in [0, 0.1) is 34.5 Å². The SMILES string of the molecule is CCCCC(=O)O[C@]12[C@H]3[C@@H](OC(=O)c4ccccc4)[C@](O)(C[C@H]3[C@@]34C5[C@@H]1[C@H](OC)[C@@H]3[C@@](COC)(CC[C@@H]4OC)CN5CC)[C@@H](OC)[C@@H]2O. The van der Waals surface area contributed by atoms with Gasteiger partial charge in [-0.2, -0.15) is 0 Å². The summed E-state index contributed by atoms with van der Waals surface area (Å²) < 4.78 is 38.4. The van der Waals surface area contributed by atoms with Gasteiger partial charge >= 0.3 is 11.9 Å². The topological polar surface area (TPSA) is 133 Å². The highest BCUT2D eigenvalue weighted by Gasteiger charge is 2.91. The van der Waals surface area contributed by atoms with E-state index in [2.05, 4.69) is 11.8 Å². The first-order chi connectivity index (χ1) is 23.1. The van der Waals surface area contributed by atoms with Crippen LogP contribution in [-0.4, -0.2) is 123 Å². The lowest BCUT2D eigenvalue weighted by Gasteiger charge is -2.69. The van der Waals surface area contributed by atoms with E-state index in [4.69, 9.17) is 28.4 Å². The lowest BCUT2D eigenvalue weighted by Crippen LogP contribution is -2.81. The molecule has 0 radical (unpaired) electrons. The van der Waals surface area contributed by atoms with E-state index >= 15 is 0 Å². The van der Waals surface area contributed by atoms with Gasteiger partial charge in [0.05, 0.1) is 24.4 Å². The summed E-state index contributed by atoms with van der Waals surface area (Å²) in [7, 11) is 6.65. The molecule has 11 heteroatoms. The van der Waals surface area contributed by atoms with E-state index in [1.54, 1.807) is 45.6 Å². The maximum Gasteiger partial charge on any atom is 0.338 e. The zero-order valence-electron chi connectivity index (χ0n) is 29.1. The molecule has 266 valence electrons. The third-order valence-corrected chi connectivity index (χ3v) is 13.7. The third-order valence-electron chi connectivity index (χ3n) is 13.7. The molecular formula is C37H53NO10. The molecule has 7 rings (SSSR count). The third kappa shape index (κ3) is 4.18. The number of rotatable bonds is 12. The van der Waals surface area contributed by atoms with E-state index in [0.29, 0.717) is 25.1 Å². The molecule has 5 aliphatic carbocycles. The molecule has 1 saturated heterocycles. The number of piperidine rings is 1. The van der Waals surface area contributed by atoms with Crippen LogP contribution < -0.4 is 0 Å². The minimum absolute atomic E-state index is 0.103. The van der Waals surface area contributed by atoms with Crippen LogP contribution in [0.5, 0.6) is 0 Å². The molecule has 6 aliphatic rings. The van der Waals surface area contributed by atoms with Crippen LogP contribution >= 0.6 is 0 Å². The van der Waals surface area contributed by atoms with Gasteiger partial charge in [0, 0.05) is 76.0 Å². The minimum atomic E-state index is -1.76. The predicted octanol–water partition coefficient (Wildman–Crippen LogP) is 2.85. The van der Waals surface area contributed by atoms with Crippen molar-refractivity contribution in [3.8, 4) is 0 Å². The van der Waals surface area contributed by atoms with E-state index in [0.717, 1.165) is 25.8 Å². The van der Waals surface area contributed by atoms with E-state index in [9.17, 15) is 19.8 Å². The number of ether oxygens (including phenoxy) is 6. The van der Waals surface area contributed by atoms with Gasteiger partial charge in [0.25, 0.3) is 0 Å². The number of benzene rings is 1. The normalized spacial score (nSPS) is 46.8. The Labute approximate surface area is 283 Å². The highest BCUT2D eigenvalue weighted by Crippen LogP contribution is 2.80. The van der Waals surface area contributed by atoms with Crippen LogP contribution in [0.4, 0.5) is 0 Å². The zero-order chi connectivity index (χ0) is 34.2. The van der Waals surface area contributed by atoms with Crippen molar-refractivity contribution in [1.82, 2.24) is 4.90 Å². The molecule has 14 atom stereocenters. The lowest BCUT2D eigenvalue weighted by molar-refractivity contribution is -0.318. The summed E-state index contributed by atoms with van der Waals surface area (Å²) >= 11 is 0. The van der Waals surface area contributed by atoms with Crippen LogP contribution in [-0.2, 0) is 33.2 Å². The number of aliphatic hydroxyl groups is 2. The second kappa shape index (κ2) is 12.3. The molecular weight excluding hydrogens is 618 g/mol. The second-order valence-electron chi connectivity index (χ2n) is 15.3. The van der Waals surface area contributed by atoms with Crippen LogP contribution in [0.3, 0.4) is 0 Å². The van der Waals surface area contributed by atoms with Gasteiger partial charge in [-0.1, -0.05) is 38.5 Å². The Morgan fingerprint density at radius 1 is 1.00 bits per heavy atom. The maximum atomic E-state index is 14.0. The molecule has 1 aliphatic heterocycles. The predicted molar refractivity (Wildman–Crippen MR) is 173 cm³/mol. The Hall–Kier alpha value is -2.12. The molecule has 1 spiro atoms. The number of carbonyl (C=O) groups excluding carboxylic acids is 2. The molecule has 1 heterocycles. The summed E-state index contributed by atoms with van der Waals surface area (Å²) in [5.74, 6) is -2.79.